The minimum Gasteiger partial charge on any atom is -0.606 e. The van der Waals surface area contributed by atoms with Crippen molar-refractivity contribution in [2.24, 2.45) is 0 Å². The molecule has 0 fully saturated rings. The summed E-state index contributed by atoms with van der Waals surface area (Å²) in [5.41, 5.74) is 7.12. The van der Waals surface area contributed by atoms with Crippen LogP contribution in [0.4, 0.5) is 45.5 Å². The molecule has 8 aromatic rings. The van der Waals surface area contributed by atoms with Gasteiger partial charge in [0, 0.05) is 22.4 Å². The van der Waals surface area contributed by atoms with Crippen LogP contribution in [0.5, 0.6) is 0 Å². The van der Waals surface area contributed by atoms with Crippen LogP contribution in [0.2, 0.25) is 0 Å². The summed E-state index contributed by atoms with van der Waals surface area (Å²) in [6.07, 6.45) is 0. The van der Waals surface area contributed by atoms with Gasteiger partial charge in [0.05, 0.1) is 45.0 Å². The maximum atomic E-state index is 14.4. The van der Waals surface area contributed by atoms with Crippen LogP contribution in [0.3, 0.4) is 0 Å². The third-order valence-corrected chi connectivity index (χ3v) is 15.1. The van der Waals surface area contributed by atoms with E-state index in [1.807, 2.05) is 131 Å². The van der Waals surface area contributed by atoms with Gasteiger partial charge < -0.3 is 18.9 Å². The van der Waals surface area contributed by atoms with E-state index >= 15 is 0 Å². The summed E-state index contributed by atoms with van der Waals surface area (Å²) in [4.78, 5) is 65.5. The molecule has 0 spiro atoms. The summed E-state index contributed by atoms with van der Waals surface area (Å²) in [6.45, 7) is 0. The number of para-hydroxylation sites is 4. The van der Waals surface area contributed by atoms with E-state index in [2.05, 4.69) is 0 Å². The van der Waals surface area contributed by atoms with Crippen LogP contribution in [0.1, 0.15) is 41.4 Å². The molecule has 10 nitrogen and oxygen atoms in total. The van der Waals surface area contributed by atoms with Crippen molar-refractivity contribution in [2.45, 2.75) is 19.6 Å². The Labute approximate surface area is 372 Å². The largest absolute Gasteiger partial charge is 0.606 e. The average Bonchev–Trinajstić information content (AvgIpc) is 3.76. The SMILES string of the molecule is O=C1c2cccc(N3c4ccccc4[S+]([O-])c4ccccc43)c2C(=O)N1c1ccc(-c2ccc(N3C(=O)c4cccc(N5c6ccccc6[S+]([O-])c6ccccc65)c4C3=O)cc2)cc1. The highest BCUT2D eigenvalue weighted by Gasteiger charge is 2.44. The smallest absolute Gasteiger partial charge is 0.268 e. The number of carbonyl (C=O) groups excluding carboxylic acids is 4. The second kappa shape index (κ2) is 14.4. The first-order valence-corrected chi connectivity index (χ1v) is 22.6. The van der Waals surface area contributed by atoms with E-state index in [1.165, 1.54) is 9.80 Å². The van der Waals surface area contributed by atoms with Crippen molar-refractivity contribution < 1.29 is 28.3 Å². The monoisotopic (exact) mass is 870 g/mol. The Hall–Kier alpha value is -7.74. The molecule has 0 saturated carbocycles. The quantitative estimate of drug-likeness (QED) is 0.124. The van der Waals surface area contributed by atoms with Gasteiger partial charge in [0.25, 0.3) is 23.6 Å². The highest BCUT2D eigenvalue weighted by atomic mass is 32.2. The van der Waals surface area contributed by atoms with Gasteiger partial charge in [0.1, 0.15) is 22.7 Å². The number of fused-ring (bicyclic) bond motifs is 6. The molecule has 0 bridgehead atoms. The first-order valence-electron chi connectivity index (χ1n) is 20.3. The van der Waals surface area contributed by atoms with E-state index in [1.54, 1.807) is 60.7 Å². The van der Waals surface area contributed by atoms with Crippen LogP contribution in [-0.4, -0.2) is 32.7 Å². The van der Waals surface area contributed by atoms with Gasteiger partial charge in [-0.1, -0.05) is 84.9 Å². The zero-order valence-electron chi connectivity index (χ0n) is 33.4. The number of nitrogens with zero attached hydrogens (tertiary/aromatic N) is 4. The van der Waals surface area contributed by atoms with Gasteiger partial charge in [-0.25, -0.2) is 9.80 Å². The molecule has 12 heteroatoms. The predicted molar refractivity (Wildman–Crippen MR) is 246 cm³/mol. The van der Waals surface area contributed by atoms with Crippen molar-refractivity contribution in [3.63, 3.8) is 0 Å². The molecule has 8 aromatic carbocycles. The topological polar surface area (TPSA) is 127 Å². The van der Waals surface area contributed by atoms with E-state index in [4.69, 9.17) is 0 Å². The number of anilines is 8. The molecule has 0 aliphatic carbocycles. The van der Waals surface area contributed by atoms with Gasteiger partial charge in [0.15, 0.2) is 19.6 Å². The molecule has 0 aromatic heterocycles. The minimum atomic E-state index is -1.43. The van der Waals surface area contributed by atoms with Crippen LogP contribution in [0.25, 0.3) is 11.1 Å². The Morgan fingerprint density at radius 1 is 0.297 bits per heavy atom. The molecule has 64 heavy (non-hydrogen) atoms. The van der Waals surface area contributed by atoms with Gasteiger partial charge in [-0.15, -0.1) is 0 Å². The maximum absolute atomic E-state index is 14.4. The molecule has 4 amide bonds. The van der Waals surface area contributed by atoms with Crippen molar-refractivity contribution in [1.29, 1.82) is 0 Å². The molecule has 4 heterocycles. The molecule has 0 atom stereocenters. The lowest BCUT2D eigenvalue weighted by atomic mass is 10.0. The normalized spacial score (nSPS) is 15.2. The summed E-state index contributed by atoms with van der Waals surface area (Å²) >= 11 is -2.86. The summed E-state index contributed by atoms with van der Waals surface area (Å²) < 4.78 is 27.2. The molecular weight excluding hydrogens is 841 g/mol. The molecule has 0 N–H and O–H groups in total. The van der Waals surface area contributed by atoms with Gasteiger partial charge in [-0.3, -0.25) is 19.2 Å². The fraction of sp³-hybridized carbons (Fsp3) is 0. The summed E-state index contributed by atoms with van der Waals surface area (Å²) in [7, 11) is 0. The van der Waals surface area contributed by atoms with Crippen LogP contribution >= 0.6 is 0 Å². The highest BCUT2D eigenvalue weighted by Crippen LogP contribution is 2.52. The molecule has 0 saturated heterocycles. The van der Waals surface area contributed by atoms with E-state index in [0.717, 1.165) is 11.1 Å². The van der Waals surface area contributed by atoms with Crippen LogP contribution < -0.4 is 19.6 Å². The third kappa shape index (κ3) is 5.44. The number of carbonyl (C=O) groups is 4. The Balaban J connectivity index is 0.829. The van der Waals surface area contributed by atoms with Gasteiger partial charge in [-0.05, 0) is 108 Å². The first-order chi connectivity index (χ1) is 31.3. The van der Waals surface area contributed by atoms with Crippen LogP contribution in [0, 0.1) is 0 Å². The molecule has 306 valence electrons. The lowest BCUT2D eigenvalue weighted by Gasteiger charge is -2.33. The zero-order chi connectivity index (χ0) is 43.4. The van der Waals surface area contributed by atoms with E-state index in [-0.39, 0.29) is 22.3 Å². The number of benzene rings is 8. The molecule has 0 radical (unpaired) electrons. The summed E-state index contributed by atoms with van der Waals surface area (Å²) in [6, 6.07) is 54.0. The van der Waals surface area contributed by atoms with Crippen molar-refractivity contribution >= 4 is 91.5 Å². The maximum Gasteiger partial charge on any atom is 0.268 e. The summed E-state index contributed by atoms with van der Waals surface area (Å²) in [5.74, 6) is -1.84. The Kier molecular flexibility index (Phi) is 8.55. The van der Waals surface area contributed by atoms with Crippen molar-refractivity contribution in [2.75, 3.05) is 19.6 Å². The standard InChI is InChI=1S/C52H30N4O6S2/c57-49-35-11-9-17-41(55-37-13-1-5-19-43(37)63(61)44-20-6-2-14-38(44)55)47(35)51(59)53(49)33-27-23-31(24-28-33)32-25-29-34(30-26-32)54-50(58)36-12-10-18-42(48(36)52(54)60)56-39-15-3-7-21-45(39)64(62)46-22-8-4-16-40(46)56/h1-30H. The first kappa shape index (κ1) is 38.0. The van der Waals surface area contributed by atoms with Crippen molar-refractivity contribution in [3.05, 3.63) is 204 Å². The lowest BCUT2D eigenvalue weighted by Crippen LogP contribution is -2.30. The zero-order valence-corrected chi connectivity index (χ0v) is 35.0. The Morgan fingerprint density at radius 2 is 0.594 bits per heavy atom. The number of rotatable bonds is 5. The van der Waals surface area contributed by atoms with E-state index in [9.17, 15) is 28.3 Å². The fourth-order valence-corrected chi connectivity index (χ4v) is 11.9. The number of imide groups is 2. The van der Waals surface area contributed by atoms with E-state index in [0.29, 0.717) is 65.1 Å². The van der Waals surface area contributed by atoms with Gasteiger partial charge >= 0.3 is 0 Å². The molecule has 12 rings (SSSR count). The molecular formula is C52H30N4O6S2. The predicted octanol–water partition coefficient (Wildman–Crippen LogP) is 10.9. The Morgan fingerprint density at radius 3 is 0.922 bits per heavy atom. The Bertz CT molecular complexity index is 3020. The highest BCUT2D eigenvalue weighted by molar-refractivity contribution is 7.92. The van der Waals surface area contributed by atoms with Crippen LogP contribution in [0.15, 0.2) is 202 Å². The number of hydrogen-bond donors (Lipinski definition) is 0. The van der Waals surface area contributed by atoms with Crippen molar-refractivity contribution in [1.82, 2.24) is 0 Å². The fourth-order valence-electron chi connectivity index (χ4n) is 9.19. The lowest BCUT2D eigenvalue weighted by molar-refractivity contribution is 0.0910. The second-order valence-corrected chi connectivity index (χ2v) is 18.3. The van der Waals surface area contributed by atoms with Gasteiger partial charge in [0.2, 0.25) is 0 Å². The molecule has 4 aliphatic rings. The third-order valence-electron chi connectivity index (χ3n) is 12.1. The second-order valence-electron chi connectivity index (χ2n) is 15.5. The van der Waals surface area contributed by atoms with Crippen molar-refractivity contribution in [3.8, 4) is 11.1 Å². The van der Waals surface area contributed by atoms with Crippen LogP contribution in [-0.2, 0) is 22.4 Å². The summed E-state index contributed by atoms with van der Waals surface area (Å²) in [5, 5.41) is 0. The van der Waals surface area contributed by atoms with E-state index < -0.39 is 46.0 Å². The number of amides is 4. The average molecular weight is 871 g/mol. The number of hydrogen-bond acceptors (Lipinski definition) is 8. The molecule has 0 unspecified atom stereocenters. The minimum absolute atomic E-state index is 0.256. The molecule has 4 aliphatic heterocycles. The van der Waals surface area contributed by atoms with Gasteiger partial charge in [-0.2, -0.15) is 0 Å².